The molecule has 0 bridgehead atoms. The fraction of sp³-hybridized carbons (Fsp3) is 0.636. The molecule has 1 amide bonds. The highest BCUT2D eigenvalue weighted by Crippen LogP contribution is 2.36. The van der Waals surface area contributed by atoms with Gasteiger partial charge >= 0.3 is 12.1 Å². The van der Waals surface area contributed by atoms with Crippen LogP contribution in [0, 0.1) is 0 Å². The molecular weight excluding hydrogens is 441 g/mol. The molecule has 0 aromatic heterocycles. The second-order valence-corrected chi connectivity index (χ2v) is 14.4. The third-order valence-corrected chi connectivity index (χ3v) is 10.9. The van der Waals surface area contributed by atoms with Crippen molar-refractivity contribution in [3.8, 4) is 0 Å². The highest BCUT2D eigenvalue weighted by Gasteiger charge is 2.38. The molecule has 0 spiro atoms. The molecule has 10 heteroatoms. The van der Waals surface area contributed by atoms with Crippen LogP contribution >= 0.6 is 0 Å². The largest absolute Gasteiger partial charge is 0.480 e. The lowest BCUT2D eigenvalue weighted by atomic mass is 10.1. The molecule has 2 rings (SSSR count). The zero-order valence-electron chi connectivity index (χ0n) is 19.3. The van der Waals surface area contributed by atoms with Gasteiger partial charge in [-0.25, -0.2) is 4.79 Å². The van der Waals surface area contributed by atoms with Crippen LogP contribution in [0.25, 0.3) is 0 Å². The average molecular weight is 475 g/mol. The van der Waals surface area contributed by atoms with Gasteiger partial charge in [0.25, 0.3) is 0 Å². The lowest BCUT2D eigenvalue weighted by Crippen LogP contribution is -2.48. The molecule has 1 N–H and O–H groups in total. The highest BCUT2D eigenvalue weighted by atomic mass is 28.4. The number of anilines is 1. The monoisotopic (exact) mass is 474 g/mol. The normalized spacial score (nSPS) is 17.3. The van der Waals surface area contributed by atoms with Gasteiger partial charge in [-0.15, -0.1) is 0 Å². The molecule has 1 aromatic carbocycles. The third kappa shape index (κ3) is 6.47. The van der Waals surface area contributed by atoms with Crippen LogP contribution in [0.2, 0.25) is 18.1 Å². The summed E-state index contributed by atoms with van der Waals surface area (Å²) >= 11 is 0. The maximum atomic E-state index is 13.1. The topological polar surface area (TPSA) is 70.1 Å². The van der Waals surface area contributed by atoms with Gasteiger partial charge in [-0.3, -0.25) is 4.79 Å². The van der Waals surface area contributed by atoms with Crippen molar-refractivity contribution in [2.24, 2.45) is 0 Å². The first-order valence-corrected chi connectivity index (χ1v) is 13.6. The number of nitrogens with zero attached hydrogens (tertiary/aromatic N) is 2. The minimum absolute atomic E-state index is 0.0183. The summed E-state index contributed by atoms with van der Waals surface area (Å²) < 4.78 is 45.3. The fourth-order valence-corrected chi connectivity index (χ4v) is 4.42. The van der Waals surface area contributed by atoms with Crippen LogP contribution in [-0.4, -0.2) is 62.5 Å². The third-order valence-electron chi connectivity index (χ3n) is 6.39. The molecule has 6 nitrogen and oxygen atoms in total. The molecule has 32 heavy (non-hydrogen) atoms. The van der Waals surface area contributed by atoms with Crippen LogP contribution in [0.3, 0.4) is 0 Å². The van der Waals surface area contributed by atoms with E-state index in [1.165, 1.54) is 11.0 Å². The first kappa shape index (κ1) is 26.2. The van der Waals surface area contributed by atoms with E-state index in [2.05, 4.69) is 33.9 Å². The van der Waals surface area contributed by atoms with Crippen LogP contribution in [0.1, 0.15) is 39.2 Å². The van der Waals surface area contributed by atoms with Crippen molar-refractivity contribution in [1.82, 2.24) is 4.90 Å². The minimum atomic E-state index is -4.46. The van der Waals surface area contributed by atoms with E-state index in [1.807, 2.05) is 0 Å². The van der Waals surface area contributed by atoms with Crippen molar-refractivity contribution in [1.29, 1.82) is 0 Å². The van der Waals surface area contributed by atoms with Crippen LogP contribution in [0.5, 0.6) is 0 Å². The number of benzene rings is 1. The number of carbonyl (C=O) groups is 2. The van der Waals surface area contributed by atoms with E-state index in [4.69, 9.17) is 4.43 Å². The van der Waals surface area contributed by atoms with E-state index < -0.39 is 32.1 Å². The number of halogens is 3. The SMILES string of the molecule is CC(C)(C)[Si](C)(C)OCCC(C(=O)O)N1CCN(c2cccc(C(F)(F)F)c2)CCC1=O. The number of carboxylic acid groups (broad SMARTS) is 1. The number of carboxylic acids is 1. The van der Waals surface area contributed by atoms with E-state index in [-0.39, 0.29) is 50.0 Å². The van der Waals surface area contributed by atoms with Gasteiger partial charge in [0, 0.05) is 44.8 Å². The summed E-state index contributed by atoms with van der Waals surface area (Å²) in [6.07, 6.45) is -4.26. The maximum Gasteiger partial charge on any atom is 0.416 e. The molecule has 1 heterocycles. The zero-order valence-corrected chi connectivity index (χ0v) is 20.3. The Morgan fingerprint density at radius 1 is 1.19 bits per heavy atom. The summed E-state index contributed by atoms with van der Waals surface area (Å²) in [4.78, 5) is 27.7. The summed E-state index contributed by atoms with van der Waals surface area (Å²) in [5.41, 5.74) is -0.392. The van der Waals surface area contributed by atoms with E-state index in [0.717, 1.165) is 12.1 Å². The van der Waals surface area contributed by atoms with E-state index >= 15 is 0 Å². The van der Waals surface area contributed by atoms with Gasteiger partial charge in [0.15, 0.2) is 8.32 Å². The van der Waals surface area contributed by atoms with Gasteiger partial charge in [0.1, 0.15) is 6.04 Å². The number of hydrogen-bond donors (Lipinski definition) is 1. The number of amides is 1. The van der Waals surface area contributed by atoms with E-state index in [1.54, 1.807) is 11.0 Å². The van der Waals surface area contributed by atoms with Gasteiger partial charge in [-0.1, -0.05) is 26.8 Å². The number of alkyl halides is 3. The molecule has 1 fully saturated rings. The number of aliphatic carboxylic acids is 1. The highest BCUT2D eigenvalue weighted by molar-refractivity contribution is 6.74. The lowest BCUT2D eigenvalue weighted by molar-refractivity contribution is -0.150. The molecule has 1 aliphatic rings. The predicted molar refractivity (Wildman–Crippen MR) is 119 cm³/mol. The van der Waals surface area contributed by atoms with Crippen molar-refractivity contribution in [3.05, 3.63) is 29.8 Å². The predicted octanol–water partition coefficient (Wildman–Crippen LogP) is 4.61. The Morgan fingerprint density at radius 3 is 2.41 bits per heavy atom. The molecule has 0 aliphatic carbocycles. The summed E-state index contributed by atoms with van der Waals surface area (Å²) in [5, 5.41) is 9.74. The van der Waals surface area contributed by atoms with Crippen molar-refractivity contribution in [2.75, 3.05) is 31.1 Å². The molecule has 0 radical (unpaired) electrons. The average Bonchev–Trinajstić information content (AvgIpc) is 2.85. The van der Waals surface area contributed by atoms with Crippen molar-refractivity contribution >= 4 is 25.9 Å². The lowest BCUT2D eigenvalue weighted by Gasteiger charge is -2.37. The van der Waals surface area contributed by atoms with Crippen molar-refractivity contribution in [3.63, 3.8) is 0 Å². The smallest absolute Gasteiger partial charge is 0.416 e. The molecular formula is C22H33F3N2O4Si. The van der Waals surface area contributed by atoms with Gasteiger partial charge in [-0.2, -0.15) is 13.2 Å². The van der Waals surface area contributed by atoms with Crippen molar-refractivity contribution in [2.45, 2.75) is 64.0 Å². The van der Waals surface area contributed by atoms with E-state index in [0.29, 0.717) is 5.69 Å². The summed E-state index contributed by atoms with van der Waals surface area (Å²) in [7, 11) is -2.06. The Kier molecular flexibility index (Phi) is 8.04. The van der Waals surface area contributed by atoms with Crippen LogP contribution in [0.4, 0.5) is 18.9 Å². The first-order valence-electron chi connectivity index (χ1n) is 10.7. The van der Waals surface area contributed by atoms with Gasteiger partial charge in [-0.05, 0) is 36.3 Å². The van der Waals surface area contributed by atoms with Crippen LogP contribution < -0.4 is 4.90 Å². The molecule has 1 unspecified atom stereocenters. The maximum absolute atomic E-state index is 13.1. The summed E-state index contributed by atoms with van der Waals surface area (Å²) in [6.45, 7) is 11.3. The minimum Gasteiger partial charge on any atom is -0.480 e. The molecule has 1 saturated heterocycles. The molecule has 1 aromatic rings. The Morgan fingerprint density at radius 2 is 1.84 bits per heavy atom. The van der Waals surface area contributed by atoms with Crippen LogP contribution in [-0.2, 0) is 20.2 Å². The van der Waals surface area contributed by atoms with Gasteiger partial charge < -0.3 is 19.3 Å². The zero-order chi connectivity index (χ0) is 24.3. The van der Waals surface area contributed by atoms with Gasteiger partial charge in [0.05, 0.1) is 5.56 Å². The number of rotatable bonds is 7. The van der Waals surface area contributed by atoms with Crippen LogP contribution in [0.15, 0.2) is 24.3 Å². The Bertz CT molecular complexity index is 824. The molecule has 0 saturated carbocycles. The Hall–Kier alpha value is -2.07. The second-order valence-electron chi connectivity index (χ2n) is 9.62. The Balaban J connectivity index is 2.10. The van der Waals surface area contributed by atoms with Gasteiger partial charge in [0.2, 0.25) is 5.91 Å². The quantitative estimate of drug-likeness (QED) is 0.585. The summed E-state index contributed by atoms with van der Waals surface area (Å²) in [5.74, 6) is -1.43. The number of hydrogen-bond acceptors (Lipinski definition) is 4. The Labute approximate surface area is 188 Å². The molecule has 180 valence electrons. The van der Waals surface area contributed by atoms with Crippen molar-refractivity contribution < 1.29 is 32.3 Å². The first-order chi connectivity index (χ1) is 14.6. The number of carbonyl (C=O) groups excluding carboxylic acids is 1. The molecule has 1 aliphatic heterocycles. The fourth-order valence-electron chi connectivity index (χ4n) is 3.36. The standard InChI is InChI=1S/C22H33F3N2O4Si/c1-21(2,3)32(4,5)31-14-10-18(20(29)30)27-13-12-26(11-9-19(27)28)17-8-6-7-16(15-17)22(23,24)25/h6-8,15,18H,9-14H2,1-5H3,(H,29,30). The second kappa shape index (κ2) is 9.82. The summed E-state index contributed by atoms with van der Waals surface area (Å²) in [6, 6.07) is 3.93. The molecule has 1 atom stereocenters. The van der Waals surface area contributed by atoms with E-state index in [9.17, 15) is 27.9 Å².